The molecule has 1 heteroatoms. The standard InChI is InChI=1S/C21H27P/c1-21(2,3)17-14-15-20(16-17)22(18-10-6-4-7-11-18)19-12-8-5-9-13-19/h4-13,17,20H,14-16H2,1-3H3. The Kier molecular flexibility index (Phi) is 4.69. The van der Waals surface area contributed by atoms with Crippen molar-refractivity contribution >= 4 is 18.5 Å². The van der Waals surface area contributed by atoms with E-state index < -0.39 is 0 Å². The number of hydrogen-bond donors (Lipinski definition) is 0. The Bertz CT molecular complexity index is 543. The maximum absolute atomic E-state index is 2.41. The lowest BCUT2D eigenvalue weighted by atomic mass is 9.80. The molecular formula is C21H27P. The van der Waals surface area contributed by atoms with Crippen molar-refractivity contribution in [1.82, 2.24) is 0 Å². The van der Waals surface area contributed by atoms with E-state index in [4.69, 9.17) is 0 Å². The molecule has 1 aliphatic carbocycles. The van der Waals surface area contributed by atoms with Crippen LogP contribution in [0.4, 0.5) is 0 Å². The molecular weight excluding hydrogens is 283 g/mol. The van der Waals surface area contributed by atoms with Gasteiger partial charge in [0.05, 0.1) is 0 Å². The summed E-state index contributed by atoms with van der Waals surface area (Å²) in [5, 5.41) is 3.09. The summed E-state index contributed by atoms with van der Waals surface area (Å²) in [4.78, 5) is 0. The van der Waals surface area contributed by atoms with Gasteiger partial charge in [0.15, 0.2) is 0 Å². The highest BCUT2D eigenvalue weighted by Crippen LogP contribution is 2.52. The van der Waals surface area contributed by atoms with Crippen LogP contribution in [0.1, 0.15) is 40.0 Å². The number of hydrogen-bond acceptors (Lipinski definition) is 0. The first-order valence-electron chi connectivity index (χ1n) is 8.45. The second-order valence-corrected chi connectivity index (χ2v) is 10.1. The third-order valence-electron chi connectivity index (χ3n) is 5.06. The fourth-order valence-corrected chi connectivity index (χ4v) is 6.73. The summed E-state index contributed by atoms with van der Waals surface area (Å²) in [6, 6.07) is 22.4. The fraction of sp³-hybridized carbons (Fsp3) is 0.429. The molecule has 0 saturated heterocycles. The summed E-state index contributed by atoms with van der Waals surface area (Å²) >= 11 is 0. The Morgan fingerprint density at radius 1 is 0.773 bits per heavy atom. The van der Waals surface area contributed by atoms with Crippen LogP contribution in [0.2, 0.25) is 0 Å². The molecule has 2 atom stereocenters. The lowest BCUT2D eigenvalue weighted by Crippen LogP contribution is -2.22. The third kappa shape index (κ3) is 3.44. The summed E-state index contributed by atoms with van der Waals surface area (Å²) in [5.41, 5.74) is 1.28. The van der Waals surface area contributed by atoms with Gasteiger partial charge >= 0.3 is 0 Å². The van der Waals surface area contributed by atoms with E-state index in [2.05, 4.69) is 81.4 Å². The first-order chi connectivity index (χ1) is 10.6. The second kappa shape index (κ2) is 6.55. The first-order valence-corrected chi connectivity index (χ1v) is 9.86. The minimum Gasteiger partial charge on any atom is -0.0622 e. The van der Waals surface area contributed by atoms with Crippen LogP contribution in [0.5, 0.6) is 0 Å². The molecule has 0 amide bonds. The Balaban J connectivity index is 1.91. The van der Waals surface area contributed by atoms with Gasteiger partial charge in [-0.25, -0.2) is 0 Å². The molecule has 2 aromatic carbocycles. The quantitative estimate of drug-likeness (QED) is 0.672. The van der Waals surface area contributed by atoms with E-state index in [1.165, 1.54) is 19.3 Å². The molecule has 1 saturated carbocycles. The highest BCUT2D eigenvalue weighted by Gasteiger charge is 2.37. The third-order valence-corrected chi connectivity index (χ3v) is 7.97. The Labute approximate surface area is 136 Å². The van der Waals surface area contributed by atoms with Gasteiger partial charge in [-0.3, -0.25) is 0 Å². The molecule has 0 spiro atoms. The van der Waals surface area contributed by atoms with E-state index >= 15 is 0 Å². The van der Waals surface area contributed by atoms with Gasteiger partial charge in [-0.2, -0.15) is 0 Å². The maximum Gasteiger partial charge on any atom is -0.0126 e. The van der Waals surface area contributed by atoms with Gasteiger partial charge in [-0.05, 0) is 54.8 Å². The van der Waals surface area contributed by atoms with Crippen molar-refractivity contribution in [3.8, 4) is 0 Å². The van der Waals surface area contributed by atoms with E-state index in [1.54, 1.807) is 10.6 Å². The average Bonchev–Trinajstić information content (AvgIpc) is 2.99. The molecule has 2 aromatic rings. The van der Waals surface area contributed by atoms with Crippen LogP contribution < -0.4 is 10.6 Å². The van der Waals surface area contributed by atoms with Crippen LogP contribution in [0.3, 0.4) is 0 Å². The van der Waals surface area contributed by atoms with Crippen LogP contribution >= 0.6 is 7.92 Å². The molecule has 0 aliphatic heterocycles. The molecule has 0 nitrogen and oxygen atoms in total. The maximum atomic E-state index is 2.41. The highest BCUT2D eigenvalue weighted by atomic mass is 31.1. The normalized spacial score (nSPS) is 22.2. The largest absolute Gasteiger partial charge is 0.0622 e. The SMILES string of the molecule is CC(C)(C)C1CCC(P(c2ccccc2)c2ccccc2)C1. The van der Waals surface area contributed by atoms with E-state index in [9.17, 15) is 0 Å². The molecule has 3 rings (SSSR count). The van der Waals surface area contributed by atoms with Gasteiger partial charge in [0, 0.05) is 0 Å². The van der Waals surface area contributed by atoms with Gasteiger partial charge in [-0.1, -0.05) is 81.4 Å². The van der Waals surface area contributed by atoms with Crippen molar-refractivity contribution in [3.05, 3.63) is 60.7 Å². The van der Waals surface area contributed by atoms with Crippen molar-refractivity contribution in [2.75, 3.05) is 0 Å². The first kappa shape index (κ1) is 15.8. The van der Waals surface area contributed by atoms with Crippen LogP contribution in [0.15, 0.2) is 60.7 Å². The summed E-state index contributed by atoms with van der Waals surface area (Å²) in [7, 11) is -0.226. The van der Waals surface area contributed by atoms with E-state index in [0.717, 1.165) is 11.6 Å². The van der Waals surface area contributed by atoms with Gasteiger partial charge in [0.1, 0.15) is 0 Å². The monoisotopic (exact) mass is 310 g/mol. The topological polar surface area (TPSA) is 0 Å². The summed E-state index contributed by atoms with van der Waals surface area (Å²) in [5.74, 6) is 0.870. The second-order valence-electron chi connectivity index (χ2n) is 7.57. The fourth-order valence-electron chi connectivity index (χ4n) is 3.73. The predicted octanol–water partition coefficient (Wildman–Crippen LogP) is 5.33. The van der Waals surface area contributed by atoms with Crippen molar-refractivity contribution < 1.29 is 0 Å². The lowest BCUT2D eigenvalue weighted by Gasteiger charge is -2.29. The van der Waals surface area contributed by atoms with Crippen LogP contribution in [-0.4, -0.2) is 5.66 Å². The Hall–Kier alpha value is -1.13. The van der Waals surface area contributed by atoms with Crippen molar-refractivity contribution in [2.24, 2.45) is 11.3 Å². The smallest absolute Gasteiger partial charge is 0.0126 e. The number of rotatable bonds is 3. The Morgan fingerprint density at radius 2 is 1.27 bits per heavy atom. The molecule has 0 heterocycles. The summed E-state index contributed by atoms with van der Waals surface area (Å²) in [6.07, 6.45) is 4.17. The minimum atomic E-state index is -0.226. The average molecular weight is 310 g/mol. The molecule has 0 aromatic heterocycles. The van der Waals surface area contributed by atoms with Gasteiger partial charge in [-0.15, -0.1) is 0 Å². The van der Waals surface area contributed by atoms with Crippen molar-refractivity contribution in [2.45, 2.75) is 45.7 Å². The highest BCUT2D eigenvalue weighted by molar-refractivity contribution is 7.73. The van der Waals surface area contributed by atoms with E-state index in [0.29, 0.717) is 5.41 Å². The van der Waals surface area contributed by atoms with Crippen molar-refractivity contribution in [3.63, 3.8) is 0 Å². The molecule has 116 valence electrons. The summed E-state index contributed by atoms with van der Waals surface area (Å²) in [6.45, 7) is 7.23. The molecule has 0 bridgehead atoms. The molecule has 2 unspecified atom stereocenters. The van der Waals surface area contributed by atoms with Gasteiger partial charge in [0.2, 0.25) is 0 Å². The molecule has 1 aliphatic rings. The zero-order valence-electron chi connectivity index (χ0n) is 14.0. The van der Waals surface area contributed by atoms with Crippen molar-refractivity contribution in [1.29, 1.82) is 0 Å². The Morgan fingerprint density at radius 3 is 1.68 bits per heavy atom. The van der Waals surface area contributed by atoms with Crippen LogP contribution in [-0.2, 0) is 0 Å². The van der Waals surface area contributed by atoms with Gasteiger partial charge < -0.3 is 0 Å². The molecule has 1 fully saturated rings. The zero-order valence-corrected chi connectivity index (χ0v) is 14.9. The molecule has 0 N–H and O–H groups in total. The number of benzene rings is 2. The molecule has 22 heavy (non-hydrogen) atoms. The van der Waals surface area contributed by atoms with E-state index in [-0.39, 0.29) is 7.92 Å². The lowest BCUT2D eigenvalue weighted by molar-refractivity contribution is 0.247. The van der Waals surface area contributed by atoms with Gasteiger partial charge in [0.25, 0.3) is 0 Å². The summed E-state index contributed by atoms with van der Waals surface area (Å²) < 4.78 is 0. The van der Waals surface area contributed by atoms with Crippen LogP contribution in [0.25, 0.3) is 0 Å². The van der Waals surface area contributed by atoms with E-state index in [1.807, 2.05) is 0 Å². The zero-order chi connectivity index (χ0) is 15.6. The predicted molar refractivity (Wildman–Crippen MR) is 99.7 cm³/mol. The molecule has 0 radical (unpaired) electrons. The van der Waals surface area contributed by atoms with Crippen LogP contribution in [0, 0.1) is 11.3 Å². The minimum absolute atomic E-state index is 0.226.